The Bertz CT molecular complexity index is 1120. The Hall–Kier alpha value is -3.04. The van der Waals surface area contributed by atoms with E-state index >= 15 is 0 Å². The highest BCUT2D eigenvalue weighted by molar-refractivity contribution is 6.31. The second-order valence-corrected chi connectivity index (χ2v) is 8.16. The van der Waals surface area contributed by atoms with Crippen LogP contribution in [-0.4, -0.2) is 48.4 Å². The summed E-state index contributed by atoms with van der Waals surface area (Å²) in [6.45, 7) is 5.18. The maximum Gasteiger partial charge on any atom is 0.573 e. The van der Waals surface area contributed by atoms with Gasteiger partial charge < -0.3 is 20.3 Å². The summed E-state index contributed by atoms with van der Waals surface area (Å²) in [4.78, 5) is 11.0. The van der Waals surface area contributed by atoms with Crippen molar-refractivity contribution in [3.8, 4) is 17.0 Å². The van der Waals surface area contributed by atoms with Gasteiger partial charge in [0, 0.05) is 35.4 Å². The summed E-state index contributed by atoms with van der Waals surface area (Å²) < 4.78 is 42.1. The number of aryl methyl sites for hydroxylation is 1. The lowest BCUT2D eigenvalue weighted by Crippen LogP contribution is -2.21. The van der Waals surface area contributed by atoms with Crippen LogP contribution in [0, 0.1) is 13.8 Å². The predicted molar refractivity (Wildman–Crippen MR) is 125 cm³/mol. The average Bonchev–Trinajstić information content (AvgIpc) is 2.72. The van der Waals surface area contributed by atoms with Crippen LogP contribution in [0.2, 0.25) is 5.02 Å². The molecule has 0 aliphatic heterocycles. The smallest absolute Gasteiger partial charge is 0.406 e. The number of aromatic nitrogens is 2. The number of alkyl halides is 3. The number of hydrogen-bond acceptors (Lipinski definition) is 6. The van der Waals surface area contributed by atoms with Gasteiger partial charge >= 0.3 is 6.36 Å². The monoisotopic (exact) mass is 479 g/mol. The molecule has 33 heavy (non-hydrogen) atoms. The second kappa shape index (κ2) is 10.3. The number of likely N-dealkylation sites (N-methyl/N-ethyl adjacent to an activating group) is 1. The average molecular weight is 480 g/mol. The number of nitrogens with zero attached hydrogens (tertiary/aromatic N) is 3. The van der Waals surface area contributed by atoms with Crippen LogP contribution in [0.25, 0.3) is 11.3 Å². The molecule has 176 valence electrons. The van der Waals surface area contributed by atoms with Gasteiger partial charge in [0.05, 0.1) is 5.69 Å². The van der Waals surface area contributed by atoms with Crippen LogP contribution >= 0.6 is 11.6 Å². The molecule has 10 heteroatoms. The van der Waals surface area contributed by atoms with Crippen LogP contribution < -0.4 is 15.4 Å². The third-order valence-corrected chi connectivity index (χ3v) is 5.20. The molecule has 1 aromatic heterocycles. The maximum atomic E-state index is 12.7. The van der Waals surface area contributed by atoms with Crippen molar-refractivity contribution in [1.82, 2.24) is 14.9 Å². The van der Waals surface area contributed by atoms with E-state index in [0.29, 0.717) is 34.6 Å². The van der Waals surface area contributed by atoms with Crippen molar-refractivity contribution in [1.29, 1.82) is 0 Å². The first-order valence-corrected chi connectivity index (χ1v) is 10.6. The number of ether oxygens (including phenoxy) is 1. The molecule has 0 saturated heterocycles. The van der Waals surface area contributed by atoms with Crippen molar-refractivity contribution in [2.45, 2.75) is 20.2 Å². The van der Waals surface area contributed by atoms with Crippen LogP contribution in [0.5, 0.6) is 5.75 Å². The summed E-state index contributed by atoms with van der Waals surface area (Å²) in [5, 5.41) is 7.06. The van der Waals surface area contributed by atoms with Crippen molar-refractivity contribution in [3.05, 3.63) is 58.6 Å². The lowest BCUT2D eigenvalue weighted by Gasteiger charge is -2.16. The summed E-state index contributed by atoms with van der Waals surface area (Å²) in [7, 11) is 3.89. The fraction of sp³-hybridized carbons (Fsp3) is 0.304. The van der Waals surface area contributed by atoms with Crippen molar-refractivity contribution in [3.63, 3.8) is 0 Å². The standard InChI is InChI=1S/C23H25ClF3N5O/c1-14-8-9-18(24)15(2)21(14)30-20-13-19(29-22(31-20)28-10-11-32(3)4)16-6-5-7-17(12-16)33-23(25,26)27/h5-9,12-13H,10-11H2,1-4H3,(H2,28,29,30,31). The summed E-state index contributed by atoms with van der Waals surface area (Å²) in [5.41, 5.74) is 3.53. The Morgan fingerprint density at radius 3 is 2.52 bits per heavy atom. The summed E-state index contributed by atoms with van der Waals surface area (Å²) >= 11 is 6.28. The first-order chi connectivity index (χ1) is 15.5. The normalized spacial score (nSPS) is 11.5. The lowest BCUT2D eigenvalue weighted by molar-refractivity contribution is -0.274. The zero-order chi connectivity index (χ0) is 24.2. The Morgan fingerprint density at radius 2 is 1.82 bits per heavy atom. The van der Waals surface area contributed by atoms with Gasteiger partial charge in [-0.25, -0.2) is 4.98 Å². The zero-order valence-corrected chi connectivity index (χ0v) is 19.5. The van der Waals surface area contributed by atoms with Gasteiger partial charge in [0.25, 0.3) is 0 Å². The summed E-state index contributed by atoms with van der Waals surface area (Å²) in [5.74, 6) is 0.496. The van der Waals surface area contributed by atoms with E-state index in [9.17, 15) is 13.2 Å². The van der Waals surface area contributed by atoms with Crippen molar-refractivity contribution < 1.29 is 17.9 Å². The molecule has 0 spiro atoms. The highest BCUT2D eigenvalue weighted by Gasteiger charge is 2.31. The van der Waals surface area contributed by atoms with Crippen molar-refractivity contribution >= 4 is 29.1 Å². The van der Waals surface area contributed by atoms with Gasteiger partial charge in [-0.15, -0.1) is 13.2 Å². The predicted octanol–water partition coefficient (Wildman–Crippen LogP) is 6.03. The number of nitrogens with one attached hydrogen (secondary N) is 2. The third kappa shape index (κ3) is 6.97. The zero-order valence-electron chi connectivity index (χ0n) is 18.7. The SMILES string of the molecule is Cc1ccc(Cl)c(C)c1Nc1cc(-c2cccc(OC(F)(F)F)c2)nc(NCCN(C)C)n1. The van der Waals surface area contributed by atoms with Crippen LogP contribution in [0.3, 0.4) is 0 Å². The minimum absolute atomic E-state index is 0.322. The van der Waals surface area contributed by atoms with E-state index in [2.05, 4.69) is 25.3 Å². The van der Waals surface area contributed by atoms with Crippen molar-refractivity contribution in [2.24, 2.45) is 0 Å². The summed E-state index contributed by atoms with van der Waals surface area (Å²) in [6, 6.07) is 11.1. The molecule has 1 heterocycles. The molecule has 3 rings (SSSR count). The first kappa shape index (κ1) is 24.6. The molecular weight excluding hydrogens is 455 g/mol. The molecule has 6 nitrogen and oxygen atoms in total. The van der Waals surface area contributed by atoms with Gasteiger partial charge in [-0.3, -0.25) is 0 Å². The Balaban J connectivity index is 2.00. The minimum atomic E-state index is -4.78. The second-order valence-electron chi connectivity index (χ2n) is 7.76. The van der Waals surface area contributed by atoms with Gasteiger partial charge in [-0.1, -0.05) is 29.8 Å². The number of hydrogen-bond donors (Lipinski definition) is 2. The van der Waals surface area contributed by atoms with E-state index in [1.807, 2.05) is 45.0 Å². The largest absolute Gasteiger partial charge is 0.573 e. The Kier molecular flexibility index (Phi) is 7.65. The quantitative estimate of drug-likeness (QED) is 0.411. The first-order valence-electron chi connectivity index (χ1n) is 10.2. The highest BCUT2D eigenvalue weighted by atomic mass is 35.5. The Morgan fingerprint density at radius 1 is 1.06 bits per heavy atom. The van der Waals surface area contributed by atoms with E-state index in [1.54, 1.807) is 12.1 Å². The molecular formula is C23H25ClF3N5O. The molecule has 2 N–H and O–H groups in total. The number of benzene rings is 2. The van der Waals surface area contributed by atoms with Crippen LogP contribution in [0.4, 0.5) is 30.6 Å². The molecule has 0 aliphatic rings. The fourth-order valence-corrected chi connectivity index (χ4v) is 3.28. The van der Waals surface area contributed by atoms with Gasteiger partial charge in [0.15, 0.2) is 0 Å². The molecule has 0 atom stereocenters. The molecule has 0 fully saturated rings. The number of halogens is 4. The van der Waals surface area contributed by atoms with Gasteiger partial charge in [-0.05, 0) is 57.3 Å². The van der Waals surface area contributed by atoms with E-state index < -0.39 is 6.36 Å². The molecule has 0 aliphatic carbocycles. The molecule has 0 bridgehead atoms. The third-order valence-electron chi connectivity index (χ3n) is 4.79. The topological polar surface area (TPSA) is 62.3 Å². The molecule has 0 radical (unpaired) electrons. The van der Waals surface area contributed by atoms with E-state index in [-0.39, 0.29) is 5.75 Å². The van der Waals surface area contributed by atoms with Gasteiger partial charge in [0.2, 0.25) is 5.95 Å². The molecule has 3 aromatic rings. The van der Waals surface area contributed by atoms with Crippen molar-refractivity contribution in [2.75, 3.05) is 37.8 Å². The number of rotatable bonds is 8. The summed E-state index contributed by atoms with van der Waals surface area (Å²) in [6.07, 6.45) is -4.78. The van der Waals surface area contributed by atoms with Crippen LogP contribution in [0.15, 0.2) is 42.5 Å². The van der Waals surface area contributed by atoms with Crippen LogP contribution in [-0.2, 0) is 0 Å². The lowest BCUT2D eigenvalue weighted by atomic mass is 10.1. The van der Waals surface area contributed by atoms with E-state index in [0.717, 1.165) is 23.4 Å². The van der Waals surface area contributed by atoms with E-state index in [4.69, 9.17) is 11.6 Å². The molecule has 0 amide bonds. The highest BCUT2D eigenvalue weighted by Crippen LogP contribution is 2.32. The molecule has 0 unspecified atom stereocenters. The number of anilines is 3. The van der Waals surface area contributed by atoms with E-state index in [1.165, 1.54) is 18.2 Å². The fourth-order valence-electron chi connectivity index (χ4n) is 3.12. The minimum Gasteiger partial charge on any atom is -0.406 e. The maximum absolute atomic E-state index is 12.7. The Labute approximate surface area is 195 Å². The van der Waals surface area contributed by atoms with Gasteiger partial charge in [0.1, 0.15) is 11.6 Å². The molecule has 0 saturated carbocycles. The van der Waals surface area contributed by atoms with Crippen LogP contribution in [0.1, 0.15) is 11.1 Å². The molecule has 2 aromatic carbocycles. The van der Waals surface area contributed by atoms with Gasteiger partial charge in [-0.2, -0.15) is 4.98 Å².